The molecule has 13 N–H and O–H groups in total. The minimum atomic E-state index is -1.74. The van der Waals surface area contributed by atoms with Gasteiger partial charge in [-0.3, -0.25) is 29.0 Å². The number of carboxylic acid groups (broad SMARTS) is 3. The topological polar surface area (TPSA) is 310 Å². The Labute approximate surface area is 192 Å². The molecule has 17 heteroatoms. The van der Waals surface area contributed by atoms with Crippen LogP contribution in [0.4, 0.5) is 0 Å². The maximum Gasteiger partial charge on any atom is 0.328 e. The minimum absolute atomic E-state index is 0.0314. The van der Waals surface area contributed by atoms with Crippen molar-refractivity contribution >= 4 is 41.6 Å². The second-order valence-corrected chi connectivity index (χ2v) is 6.96. The molecule has 192 valence electrons. The fraction of sp³-hybridized carbons (Fsp3) is 0.588. The predicted octanol–water partition coefficient (Wildman–Crippen LogP) is -5.15. The highest BCUT2D eigenvalue weighted by Crippen LogP contribution is 2.03. The number of amides is 3. The number of rotatable bonds is 16. The molecule has 3 amide bonds. The first-order chi connectivity index (χ1) is 15.8. The van der Waals surface area contributed by atoms with Gasteiger partial charge in [-0.15, -0.1) is 0 Å². The lowest BCUT2D eigenvalue weighted by Gasteiger charge is -2.24. The highest BCUT2D eigenvalue weighted by atomic mass is 16.4. The van der Waals surface area contributed by atoms with E-state index >= 15 is 0 Å². The van der Waals surface area contributed by atoms with Crippen molar-refractivity contribution in [2.75, 3.05) is 13.2 Å². The molecule has 0 bridgehead atoms. The Balaban J connectivity index is 5.55. The van der Waals surface area contributed by atoms with Crippen LogP contribution in [-0.4, -0.2) is 99.3 Å². The van der Waals surface area contributed by atoms with Gasteiger partial charge in [0, 0.05) is 6.54 Å². The molecule has 0 aliphatic rings. The standard InChI is InChI=1S/C17H29N7O10/c18-7(4-11(26)27)13(30)23-9(5-12(28)29)15(32)22-8(2-1-3-21-17(19)20)14(31)24-10(6-25)16(33)34/h7-10,25H,1-6,18H2,(H,22,32)(H,23,30)(H,24,31)(H,26,27)(H,28,29)(H,33,34)(H4,19,20,21). The Bertz CT molecular complexity index is 800. The van der Waals surface area contributed by atoms with Crippen molar-refractivity contribution in [3.05, 3.63) is 0 Å². The number of nitrogens with zero attached hydrogens (tertiary/aromatic N) is 1. The molecule has 0 saturated carbocycles. The summed E-state index contributed by atoms with van der Waals surface area (Å²) in [5, 5.41) is 42.0. The second-order valence-electron chi connectivity index (χ2n) is 6.96. The number of nitrogens with two attached hydrogens (primary N) is 3. The van der Waals surface area contributed by atoms with Gasteiger partial charge in [-0.1, -0.05) is 0 Å². The molecule has 0 aromatic rings. The number of aliphatic hydroxyl groups excluding tert-OH is 1. The fourth-order valence-corrected chi connectivity index (χ4v) is 2.45. The van der Waals surface area contributed by atoms with Crippen LogP contribution >= 0.6 is 0 Å². The monoisotopic (exact) mass is 491 g/mol. The molecule has 0 fully saturated rings. The van der Waals surface area contributed by atoms with E-state index < -0.39 is 79.2 Å². The molecule has 0 radical (unpaired) electrons. The lowest BCUT2D eigenvalue weighted by Crippen LogP contribution is -2.58. The van der Waals surface area contributed by atoms with Gasteiger partial charge in [-0.2, -0.15) is 0 Å². The Kier molecular flexibility index (Phi) is 13.2. The molecule has 17 nitrogen and oxygen atoms in total. The summed E-state index contributed by atoms with van der Waals surface area (Å²) in [4.78, 5) is 73.8. The average molecular weight is 491 g/mol. The highest BCUT2D eigenvalue weighted by molar-refractivity contribution is 5.96. The van der Waals surface area contributed by atoms with Crippen molar-refractivity contribution in [1.29, 1.82) is 0 Å². The Morgan fingerprint density at radius 3 is 1.74 bits per heavy atom. The van der Waals surface area contributed by atoms with Gasteiger partial charge < -0.3 is 53.6 Å². The number of carbonyl (C=O) groups excluding carboxylic acids is 3. The van der Waals surface area contributed by atoms with Gasteiger partial charge in [0.2, 0.25) is 17.7 Å². The van der Waals surface area contributed by atoms with Crippen LogP contribution < -0.4 is 33.2 Å². The number of aliphatic imine (C=N–C) groups is 1. The largest absolute Gasteiger partial charge is 0.481 e. The number of carboxylic acids is 3. The summed E-state index contributed by atoms with van der Waals surface area (Å²) in [5.41, 5.74) is 15.8. The molecule has 4 unspecified atom stereocenters. The summed E-state index contributed by atoms with van der Waals surface area (Å²) in [6.45, 7) is -0.918. The van der Waals surface area contributed by atoms with E-state index in [1.807, 2.05) is 10.6 Å². The van der Waals surface area contributed by atoms with E-state index in [1.54, 1.807) is 0 Å². The van der Waals surface area contributed by atoms with Gasteiger partial charge in [-0.25, -0.2) is 4.79 Å². The summed E-state index contributed by atoms with van der Waals surface area (Å²) >= 11 is 0. The van der Waals surface area contributed by atoms with Crippen LogP contribution in [0.2, 0.25) is 0 Å². The zero-order chi connectivity index (χ0) is 26.4. The maximum atomic E-state index is 12.6. The summed E-state index contributed by atoms with van der Waals surface area (Å²) < 4.78 is 0. The second kappa shape index (κ2) is 15.0. The van der Waals surface area contributed by atoms with E-state index in [2.05, 4.69) is 10.3 Å². The van der Waals surface area contributed by atoms with Crippen molar-refractivity contribution in [2.24, 2.45) is 22.2 Å². The zero-order valence-electron chi connectivity index (χ0n) is 18.0. The quantitative estimate of drug-likeness (QED) is 0.0549. The van der Waals surface area contributed by atoms with Gasteiger partial charge in [-0.05, 0) is 12.8 Å². The first-order valence-electron chi connectivity index (χ1n) is 9.77. The number of aliphatic hydroxyl groups is 1. The van der Waals surface area contributed by atoms with Crippen molar-refractivity contribution in [3.8, 4) is 0 Å². The molecule has 0 aromatic carbocycles. The molecule has 0 saturated heterocycles. The van der Waals surface area contributed by atoms with Crippen LogP contribution in [0.1, 0.15) is 25.7 Å². The molecule has 0 heterocycles. The number of nitrogens with one attached hydrogen (secondary N) is 3. The van der Waals surface area contributed by atoms with E-state index in [1.165, 1.54) is 0 Å². The van der Waals surface area contributed by atoms with E-state index in [9.17, 15) is 28.8 Å². The molecule has 34 heavy (non-hydrogen) atoms. The van der Waals surface area contributed by atoms with Gasteiger partial charge in [0.15, 0.2) is 5.96 Å². The van der Waals surface area contributed by atoms with Crippen LogP contribution in [0, 0.1) is 0 Å². The van der Waals surface area contributed by atoms with Crippen molar-refractivity contribution < 1.29 is 49.2 Å². The van der Waals surface area contributed by atoms with E-state index in [4.69, 9.17) is 37.6 Å². The molecule has 0 rings (SSSR count). The Hall–Kier alpha value is -3.99. The maximum absolute atomic E-state index is 12.6. The lowest BCUT2D eigenvalue weighted by molar-refractivity contribution is -0.144. The highest BCUT2D eigenvalue weighted by Gasteiger charge is 2.31. The molecule has 4 atom stereocenters. The molecule has 0 aromatic heterocycles. The Morgan fingerprint density at radius 2 is 1.26 bits per heavy atom. The van der Waals surface area contributed by atoms with E-state index in [-0.39, 0.29) is 25.3 Å². The van der Waals surface area contributed by atoms with Gasteiger partial charge in [0.05, 0.1) is 25.5 Å². The molecular weight excluding hydrogens is 462 g/mol. The van der Waals surface area contributed by atoms with E-state index in [0.717, 1.165) is 0 Å². The fourth-order valence-electron chi connectivity index (χ4n) is 2.45. The van der Waals surface area contributed by atoms with Crippen molar-refractivity contribution in [1.82, 2.24) is 16.0 Å². The average Bonchev–Trinajstić information content (AvgIpc) is 2.71. The number of aliphatic carboxylic acids is 3. The van der Waals surface area contributed by atoms with Crippen LogP contribution in [0.25, 0.3) is 0 Å². The third-order valence-electron chi connectivity index (χ3n) is 4.12. The Morgan fingerprint density at radius 1 is 0.765 bits per heavy atom. The molecule has 0 aliphatic carbocycles. The molecule has 0 spiro atoms. The predicted molar refractivity (Wildman–Crippen MR) is 113 cm³/mol. The summed E-state index contributed by atoms with van der Waals surface area (Å²) in [6, 6.07) is -6.45. The van der Waals surface area contributed by atoms with E-state index in [0.29, 0.717) is 0 Å². The van der Waals surface area contributed by atoms with Crippen LogP contribution in [0.15, 0.2) is 4.99 Å². The summed E-state index contributed by atoms with van der Waals surface area (Å²) in [7, 11) is 0. The first kappa shape index (κ1) is 30.0. The van der Waals surface area contributed by atoms with Gasteiger partial charge in [0.25, 0.3) is 0 Å². The zero-order valence-corrected chi connectivity index (χ0v) is 18.0. The number of hydrogen-bond donors (Lipinski definition) is 10. The third kappa shape index (κ3) is 12.2. The van der Waals surface area contributed by atoms with Crippen LogP contribution in [0.3, 0.4) is 0 Å². The van der Waals surface area contributed by atoms with Crippen LogP contribution in [0.5, 0.6) is 0 Å². The minimum Gasteiger partial charge on any atom is -0.481 e. The smallest absolute Gasteiger partial charge is 0.328 e. The third-order valence-corrected chi connectivity index (χ3v) is 4.12. The lowest BCUT2D eigenvalue weighted by atomic mass is 10.1. The summed E-state index contributed by atoms with van der Waals surface area (Å²) in [6.07, 6.45) is -1.75. The van der Waals surface area contributed by atoms with Crippen molar-refractivity contribution in [2.45, 2.75) is 49.9 Å². The van der Waals surface area contributed by atoms with Gasteiger partial charge >= 0.3 is 17.9 Å². The van der Waals surface area contributed by atoms with Crippen LogP contribution in [-0.2, 0) is 28.8 Å². The summed E-state index contributed by atoms with van der Waals surface area (Å²) in [5.74, 6) is -7.99. The number of guanidine groups is 1. The normalized spacial score (nSPS) is 13.9. The number of carbonyl (C=O) groups is 6. The van der Waals surface area contributed by atoms with Crippen molar-refractivity contribution in [3.63, 3.8) is 0 Å². The first-order valence-corrected chi connectivity index (χ1v) is 9.77. The van der Waals surface area contributed by atoms with Gasteiger partial charge in [0.1, 0.15) is 18.1 Å². The molecule has 0 aliphatic heterocycles. The molecular formula is C17H29N7O10. The SMILES string of the molecule is NC(N)=NCCCC(NC(=O)C(CC(=O)O)NC(=O)C(N)CC(=O)O)C(=O)NC(CO)C(=O)O. The number of hydrogen-bond acceptors (Lipinski definition) is 9.